The number of unbranched alkanes of at least 4 members (excludes halogenated alkanes) is 4. The van der Waals surface area contributed by atoms with Crippen LogP contribution in [0.2, 0.25) is 0 Å². The Morgan fingerprint density at radius 1 is 0.482 bits per heavy atom. The van der Waals surface area contributed by atoms with Crippen molar-refractivity contribution >= 4 is 78.2 Å². The highest BCUT2D eigenvalue weighted by Crippen LogP contribution is 2.47. The molecule has 0 N–H and O–H groups in total. The molecule has 0 aliphatic heterocycles. The summed E-state index contributed by atoms with van der Waals surface area (Å²) < 4.78 is 38.3. The minimum Gasteiger partial charge on any atom is -0.339 e. The summed E-state index contributed by atoms with van der Waals surface area (Å²) in [5, 5.41) is 1.83. The topological polar surface area (TPSA) is 9.86 Å². The smallest absolute Gasteiger partial charge is 0.132 e. The highest BCUT2D eigenvalue weighted by Gasteiger charge is 2.26. The monoisotopic (exact) mass is 822 g/mol. The molecule has 0 aliphatic carbocycles. The highest BCUT2D eigenvalue weighted by molar-refractivity contribution is 7.24. The van der Waals surface area contributed by atoms with Crippen LogP contribution < -0.4 is 0 Å². The molecular weight excluding hydrogens is 771 g/mol. The Balaban J connectivity index is 1.33. The van der Waals surface area contributed by atoms with Crippen LogP contribution in [0, 0.1) is 25.5 Å². The molecular formula is C48H52F2N2S4. The molecule has 56 heavy (non-hydrogen) atoms. The summed E-state index contributed by atoms with van der Waals surface area (Å²) in [6.45, 7) is 14.8. The van der Waals surface area contributed by atoms with Crippen molar-refractivity contribution in [2.75, 3.05) is 0 Å². The van der Waals surface area contributed by atoms with Crippen LogP contribution >= 0.6 is 45.3 Å². The number of benzene rings is 2. The largest absolute Gasteiger partial charge is 0.339 e. The van der Waals surface area contributed by atoms with Crippen LogP contribution in [0.25, 0.3) is 73.2 Å². The Labute approximate surface area is 346 Å². The van der Waals surface area contributed by atoms with Crippen molar-refractivity contribution in [1.29, 1.82) is 0 Å². The number of aryl methyl sites for hydroxylation is 6. The number of halogens is 2. The van der Waals surface area contributed by atoms with E-state index in [1.807, 2.05) is 22.7 Å². The van der Waals surface area contributed by atoms with Crippen molar-refractivity contribution in [3.8, 4) is 40.4 Å². The lowest BCUT2D eigenvalue weighted by Gasteiger charge is -2.11. The lowest BCUT2D eigenvalue weighted by atomic mass is 10.1. The quantitative estimate of drug-likeness (QED) is 0.0919. The van der Waals surface area contributed by atoms with Gasteiger partial charge in [-0.3, -0.25) is 0 Å². The lowest BCUT2D eigenvalue weighted by molar-refractivity contribution is 0.632. The summed E-state index contributed by atoms with van der Waals surface area (Å²) >= 11 is 7.06. The van der Waals surface area contributed by atoms with Crippen molar-refractivity contribution in [2.45, 2.75) is 119 Å². The molecule has 0 aliphatic rings. The Kier molecular flexibility index (Phi) is 11.7. The molecule has 8 aromatic rings. The minimum atomic E-state index is -0.196. The fraction of sp³-hybridized carbons (Fsp3) is 0.375. The molecule has 0 saturated carbocycles. The molecule has 6 heterocycles. The van der Waals surface area contributed by atoms with E-state index in [1.165, 1.54) is 40.4 Å². The average molecular weight is 823 g/mol. The van der Waals surface area contributed by atoms with E-state index >= 15 is 8.78 Å². The van der Waals surface area contributed by atoms with Crippen molar-refractivity contribution in [2.24, 2.45) is 0 Å². The van der Waals surface area contributed by atoms with Gasteiger partial charge in [0.05, 0.1) is 22.1 Å². The third-order valence-corrected chi connectivity index (χ3v) is 16.0. The SMILES string of the molecule is CCCCc1cc(-c2cc3c(cc2F)c2c(c4cc(F)c(-c5cc(CCCC)c(-c6ccc(C)s6)s5)cc4n2CCCC)n3CCCC)sc1-c1ccc(C)s1. The second kappa shape index (κ2) is 16.7. The molecule has 0 bridgehead atoms. The Bertz CT molecular complexity index is 2470. The number of nitrogens with zero attached hydrogens (tertiary/aromatic N) is 2. The van der Waals surface area contributed by atoms with E-state index in [0.717, 1.165) is 120 Å². The minimum absolute atomic E-state index is 0.196. The molecule has 0 spiro atoms. The first kappa shape index (κ1) is 39.3. The second-order valence-electron chi connectivity index (χ2n) is 15.4. The van der Waals surface area contributed by atoms with Crippen LogP contribution in [-0.4, -0.2) is 9.13 Å². The van der Waals surface area contributed by atoms with Gasteiger partial charge in [-0.25, -0.2) is 8.78 Å². The van der Waals surface area contributed by atoms with E-state index in [1.54, 1.807) is 34.8 Å². The number of hydrogen-bond acceptors (Lipinski definition) is 4. The molecule has 0 amide bonds. The van der Waals surface area contributed by atoms with Gasteiger partial charge < -0.3 is 9.13 Å². The fourth-order valence-corrected chi connectivity index (χ4v) is 12.7. The van der Waals surface area contributed by atoms with Gasteiger partial charge in [-0.2, -0.15) is 0 Å². The zero-order valence-corrected chi connectivity index (χ0v) is 36.8. The third kappa shape index (κ3) is 7.25. The molecule has 8 heteroatoms. The van der Waals surface area contributed by atoms with Gasteiger partial charge in [0.25, 0.3) is 0 Å². The van der Waals surface area contributed by atoms with Crippen LogP contribution in [0.3, 0.4) is 0 Å². The Morgan fingerprint density at radius 2 is 0.893 bits per heavy atom. The van der Waals surface area contributed by atoms with Gasteiger partial charge in [0, 0.05) is 74.0 Å². The van der Waals surface area contributed by atoms with E-state index in [0.29, 0.717) is 11.1 Å². The van der Waals surface area contributed by atoms with Crippen LogP contribution in [0.15, 0.2) is 60.7 Å². The van der Waals surface area contributed by atoms with Gasteiger partial charge in [0.15, 0.2) is 0 Å². The number of hydrogen-bond donors (Lipinski definition) is 0. The number of aromatic nitrogens is 2. The maximum absolute atomic E-state index is 16.8. The zero-order chi connectivity index (χ0) is 39.1. The van der Waals surface area contributed by atoms with Gasteiger partial charge in [-0.15, -0.1) is 45.3 Å². The highest BCUT2D eigenvalue weighted by atomic mass is 32.1. The van der Waals surface area contributed by atoms with Crippen molar-refractivity contribution in [3.05, 3.63) is 93.2 Å². The fourth-order valence-electron chi connectivity index (χ4n) is 8.23. The normalized spacial score (nSPS) is 12.1. The third-order valence-electron chi connectivity index (χ3n) is 11.2. The Hall–Kier alpha value is -3.56. The standard InChI is InChI=1S/C48H52F2N2S4/c1-7-11-15-31-23-43(55-47(31)41-19-17-29(5)53-41)33-27-39-35(25-37(33)49)45-46(51(39)21-13-9-3)36-26-38(50)34(28-40(36)52(45)22-14-10-4)44-24-32(16-12-8-2)48(56-44)42-20-18-30(6)54-42/h17-20,23-28H,7-16,21-22H2,1-6H3. The summed E-state index contributed by atoms with van der Waals surface area (Å²) in [4.78, 5) is 9.58. The van der Waals surface area contributed by atoms with E-state index < -0.39 is 0 Å². The summed E-state index contributed by atoms with van der Waals surface area (Å²) in [5.41, 5.74) is 8.04. The summed E-state index contributed by atoms with van der Waals surface area (Å²) in [5.74, 6) is -0.393. The van der Waals surface area contributed by atoms with Crippen molar-refractivity contribution < 1.29 is 8.78 Å². The molecule has 0 fully saturated rings. The van der Waals surface area contributed by atoms with E-state index in [-0.39, 0.29) is 11.6 Å². The van der Waals surface area contributed by atoms with Gasteiger partial charge >= 0.3 is 0 Å². The number of thiophene rings is 4. The second-order valence-corrected chi connectivity index (χ2v) is 20.0. The lowest BCUT2D eigenvalue weighted by Crippen LogP contribution is -1.99. The van der Waals surface area contributed by atoms with Gasteiger partial charge in [0.2, 0.25) is 0 Å². The summed E-state index contributed by atoms with van der Waals surface area (Å²) in [7, 11) is 0. The Morgan fingerprint density at radius 3 is 1.25 bits per heavy atom. The molecule has 292 valence electrons. The molecule has 2 nitrogen and oxygen atoms in total. The van der Waals surface area contributed by atoms with Crippen LogP contribution in [0.1, 0.15) is 99.9 Å². The molecule has 0 unspecified atom stereocenters. The predicted octanol–water partition coefficient (Wildman–Crippen LogP) is 16.8. The molecule has 0 atom stereocenters. The maximum atomic E-state index is 16.8. The summed E-state index contributed by atoms with van der Waals surface area (Å²) in [6, 6.07) is 21.0. The van der Waals surface area contributed by atoms with Crippen LogP contribution in [0.4, 0.5) is 8.78 Å². The first-order valence-electron chi connectivity index (χ1n) is 20.6. The first-order chi connectivity index (χ1) is 27.2. The van der Waals surface area contributed by atoms with Crippen molar-refractivity contribution in [1.82, 2.24) is 9.13 Å². The van der Waals surface area contributed by atoms with Gasteiger partial charge in [0.1, 0.15) is 11.6 Å². The van der Waals surface area contributed by atoms with Crippen LogP contribution in [-0.2, 0) is 25.9 Å². The molecule has 6 aromatic heterocycles. The van der Waals surface area contributed by atoms with Crippen molar-refractivity contribution in [3.63, 3.8) is 0 Å². The van der Waals surface area contributed by atoms with E-state index in [4.69, 9.17) is 0 Å². The zero-order valence-electron chi connectivity index (χ0n) is 33.5. The first-order valence-corrected chi connectivity index (χ1v) is 23.9. The number of rotatable bonds is 16. The predicted molar refractivity (Wildman–Crippen MR) is 245 cm³/mol. The summed E-state index contributed by atoms with van der Waals surface area (Å²) in [6.07, 6.45) is 10.4. The van der Waals surface area contributed by atoms with E-state index in [2.05, 4.69) is 99.2 Å². The van der Waals surface area contributed by atoms with Gasteiger partial charge in [-0.05, 0) is 124 Å². The average Bonchev–Trinajstić information content (AvgIpc) is 4.05. The molecule has 2 aromatic carbocycles. The molecule has 0 radical (unpaired) electrons. The number of fused-ring (bicyclic) bond motifs is 5. The molecule has 8 rings (SSSR count). The van der Waals surface area contributed by atoms with Gasteiger partial charge in [-0.1, -0.05) is 53.4 Å². The van der Waals surface area contributed by atoms with E-state index in [9.17, 15) is 0 Å². The molecule has 0 saturated heterocycles. The van der Waals surface area contributed by atoms with Crippen LogP contribution in [0.5, 0.6) is 0 Å². The maximum Gasteiger partial charge on any atom is 0.132 e.